The number of furan rings is 2. The van der Waals surface area contributed by atoms with Crippen LogP contribution in [0.4, 0.5) is 0 Å². The van der Waals surface area contributed by atoms with Gasteiger partial charge in [0.1, 0.15) is 22.3 Å². The number of aromatic nitrogens is 1. The zero-order valence-electron chi connectivity index (χ0n) is 22.0. The van der Waals surface area contributed by atoms with Gasteiger partial charge in [0.05, 0.1) is 5.52 Å². The molecule has 0 atom stereocenters. The Morgan fingerprint density at radius 3 is 2.02 bits per heavy atom. The fraction of sp³-hybridized carbons (Fsp3) is 0. The van der Waals surface area contributed by atoms with Gasteiger partial charge in [0.2, 0.25) is 0 Å². The first-order valence-corrected chi connectivity index (χ1v) is 13.9. The molecule has 3 heterocycles. The molecule has 9 aromatic rings. The van der Waals surface area contributed by atoms with E-state index in [-0.39, 0.29) is 0 Å². The highest BCUT2D eigenvalue weighted by Crippen LogP contribution is 2.43. The highest BCUT2D eigenvalue weighted by atomic mass is 16.3. The van der Waals surface area contributed by atoms with E-state index in [1.807, 2.05) is 6.07 Å². The van der Waals surface area contributed by atoms with Crippen LogP contribution < -0.4 is 0 Å². The monoisotopic (exact) mass is 525 g/mol. The Morgan fingerprint density at radius 1 is 0.439 bits per heavy atom. The number of hydrogen-bond acceptors (Lipinski definition) is 2. The van der Waals surface area contributed by atoms with E-state index in [4.69, 9.17) is 8.83 Å². The summed E-state index contributed by atoms with van der Waals surface area (Å²) in [6, 6.07) is 48.7. The summed E-state index contributed by atoms with van der Waals surface area (Å²) in [7, 11) is 0. The van der Waals surface area contributed by atoms with Crippen LogP contribution >= 0.6 is 0 Å². The van der Waals surface area contributed by atoms with Crippen LogP contribution in [-0.4, -0.2) is 4.57 Å². The van der Waals surface area contributed by atoms with Crippen LogP contribution in [0.3, 0.4) is 0 Å². The van der Waals surface area contributed by atoms with E-state index in [0.29, 0.717) is 0 Å². The number of benzene rings is 6. The molecule has 0 saturated carbocycles. The highest BCUT2D eigenvalue weighted by molar-refractivity contribution is 6.18. The van der Waals surface area contributed by atoms with Gasteiger partial charge in [0.25, 0.3) is 0 Å². The van der Waals surface area contributed by atoms with E-state index in [2.05, 4.69) is 138 Å². The zero-order chi connectivity index (χ0) is 26.9. The lowest BCUT2D eigenvalue weighted by Gasteiger charge is -2.08. The third-order valence-corrected chi connectivity index (χ3v) is 8.21. The average molecular weight is 526 g/mol. The summed E-state index contributed by atoms with van der Waals surface area (Å²) in [5, 5.41) is 4.44. The first kappa shape index (κ1) is 22.3. The van der Waals surface area contributed by atoms with Crippen molar-refractivity contribution in [3.8, 4) is 27.9 Å². The van der Waals surface area contributed by atoms with E-state index in [1.54, 1.807) is 0 Å². The number of nitrogens with zero attached hydrogens (tertiary/aromatic N) is 1. The van der Waals surface area contributed by atoms with Gasteiger partial charge in [0, 0.05) is 32.8 Å². The summed E-state index contributed by atoms with van der Waals surface area (Å²) in [6.45, 7) is 0. The molecular weight excluding hydrogens is 502 g/mol. The van der Waals surface area contributed by atoms with Crippen LogP contribution in [0.1, 0.15) is 0 Å². The molecule has 0 aliphatic carbocycles. The molecular formula is C38H23NO2. The molecule has 9 rings (SSSR count). The summed E-state index contributed by atoms with van der Waals surface area (Å²) >= 11 is 0. The fourth-order valence-electron chi connectivity index (χ4n) is 6.41. The van der Waals surface area contributed by atoms with Gasteiger partial charge in [-0.25, -0.2) is 0 Å². The van der Waals surface area contributed by atoms with Crippen molar-refractivity contribution in [2.24, 2.45) is 0 Å². The maximum absolute atomic E-state index is 6.64. The predicted octanol–water partition coefficient (Wildman–Crippen LogP) is 10.8. The first-order chi connectivity index (χ1) is 20.3. The Bertz CT molecular complexity index is 2410. The van der Waals surface area contributed by atoms with E-state index in [1.165, 1.54) is 0 Å². The van der Waals surface area contributed by atoms with Crippen LogP contribution in [0.25, 0.3) is 82.9 Å². The van der Waals surface area contributed by atoms with Gasteiger partial charge in [0.15, 0.2) is 5.58 Å². The third kappa shape index (κ3) is 3.20. The van der Waals surface area contributed by atoms with Gasteiger partial charge >= 0.3 is 0 Å². The maximum atomic E-state index is 6.64. The minimum atomic E-state index is 0.873. The molecule has 0 aliphatic heterocycles. The Hall–Kier alpha value is -5.54. The van der Waals surface area contributed by atoms with Crippen LogP contribution in [-0.2, 0) is 0 Å². The molecule has 192 valence electrons. The predicted molar refractivity (Wildman–Crippen MR) is 169 cm³/mol. The van der Waals surface area contributed by atoms with E-state index < -0.39 is 0 Å². The fourth-order valence-corrected chi connectivity index (χ4v) is 6.41. The summed E-state index contributed by atoms with van der Waals surface area (Å²) in [4.78, 5) is 0. The van der Waals surface area contributed by atoms with Crippen molar-refractivity contribution in [1.82, 2.24) is 4.57 Å². The molecule has 0 unspecified atom stereocenters. The van der Waals surface area contributed by atoms with Crippen molar-refractivity contribution in [2.45, 2.75) is 0 Å². The van der Waals surface area contributed by atoms with Crippen LogP contribution in [0.15, 0.2) is 148 Å². The number of fused-ring (bicyclic) bond motifs is 8. The zero-order valence-corrected chi connectivity index (χ0v) is 22.0. The van der Waals surface area contributed by atoms with E-state index >= 15 is 0 Å². The number of hydrogen-bond donors (Lipinski definition) is 0. The lowest BCUT2D eigenvalue weighted by atomic mass is 9.97. The molecule has 0 spiro atoms. The van der Waals surface area contributed by atoms with Crippen molar-refractivity contribution in [1.29, 1.82) is 0 Å². The second-order valence-electron chi connectivity index (χ2n) is 10.5. The molecule has 6 aromatic carbocycles. The van der Waals surface area contributed by atoms with Crippen LogP contribution in [0.5, 0.6) is 0 Å². The Morgan fingerprint density at radius 2 is 1.15 bits per heavy atom. The number of rotatable bonds is 3. The second-order valence-corrected chi connectivity index (χ2v) is 10.5. The first-order valence-electron chi connectivity index (χ1n) is 13.9. The Kier molecular flexibility index (Phi) is 4.61. The quantitative estimate of drug-likeness (QED) is 0.230. The van der Waals surface area contributed by atoms with Gasteiger partial charge in [-0.15, -0.1) is 0 Å². The summed E-state index contributed by atoms with van der Waals surface area (Å²) < 4.78 is 15.5. The smallest absolute Gasteiger partial charge is 0.161 e. The molecule has 0 aliphatic rings. The lowest BCUT2D eigenvalue weighted by Crippen LogP contribution is -1.92. The molecule has 41 heavy (non-hydrogen) atoms. The number of para-hydroxylation sites is 3. The standard InChI is InChI=1S/C38H23NO2/c1-3-11-24(12-4-1)28-17-9-18-31-35-27(16-10-20-33(35)40-37(28)31)25-21-22-30-34(23-25)41-38-29-15-7-8-19-32(29)39(36(30)38)26-13-5-2-6-14-26/h1-23H. The highest BCUT2D eigenvalue weighted by Gasteiger charge is 2.21. The third-order valence-electron chi connectivity index (χ3n) is 8.21. The Balaban J connectivity index is 1.29. The van der Waals surface area contributed by atoms with Crippen LogP contribution in [0, 0.1) is 0 Å². The van der Waals surface area contributed by atoms with Gasteiger partial charge in [-0.2, -0.15) is 0 Å². The topological polar surface area (TPSA) is 31.2 Å². The van der Waals surface area contributed by atoms with Gasteiger partial charge in [-0.3, -0.25) is 0 Å². The van der Waals surface area contributed by atoms with E-state index in [0.717, 1.165) is 82.9 Å². The van der Waals surface area contributed by atoms with Gasteiger partial charge in [-0.05, 0) is 59.2 Å². The Labute approximate surface area is 235 Å². The maximum Gasteiger partial charge on any atom is 0.161 e. The lowest BCUT2D eigenvalue weighted by molar-refractivity contribution is 0.670. The SMILES string of the molecule is c1ccc(-c2cccc3c2oc2cccc(-c4ccc5c(c4)oc4c6ccccc6n(-c6ccccc6)c54)c23)cc1. The molecule has 3 heteroatoms. The summed E-state index contributed by atoms with van der Waals surface area (Å²) in [6.07, 6.45) is 0. The minimum absolute atomic E-state index is 0.873. The molecule has 3 aromatic heterocycles. The van der Waals surface area contributed by atoms with Crippen molar-refractivity contribution in [3.63, 3.8) is 0 Å². The molecule has 0 N–H and O–H groups in total. The molecule has 0 bridgehead atoms. The average Bonchev–Trinajstić information content (AvgIpc) is 3.70. The largest absolute Gasteiger partial charge is 0.455 e. The van der Waals surface area contributed by atoms with Crippen molar-refractivity contribution in [3.05, 3.63) is 140 Å². The summed E-state index contributed by atoms with van der Waals surface area (Å²) in [5.74, 6) is 0. The van der Waals surface area contributed by atoms with Gasteiger partial charge in [-0.1, -0.05) is 97.1 Å². The van der Waals surface area contributed by atoms with Crippen molar-refractivity contribution in [2.75, 3.05) is 0 Å². The molecule has 0 saturated heterocycles. The molecule has 0 fully saturated rings. The second kappa shape index (κ2) is 8.48. The van der Waals surface area contributed by atoms with Gasteiger partial charge < -0.3 is 13.4 Å². The van der Waals surface area contributed by atoms with Crippen molar-refractivity contribution < 1.29 is 8.83 Å². The summed E-state index contributed by atoms with van der Waals surface area (Å²) in [5.41, 5.74) is 11.4. The van der Waals surface area contributed by atoms with Crippen LogP contribution in [0.2, 0.25) is 0 Å². The molecule has 3 nitrogen and oxygen atoms in total. The molecule has 0 radical (unpaired) electrons. The van der Waals surface area contributed by atoms with E-state index in [9.17, 15) is 0 Å². The van der Waals surface area contributed by atoms with Crippen molar-refractivity contribution >= 4 is 54.9 Å². The molecule has 0 amide bonds. The minimum Gasteiger partial charge on any atom is -0.455 e. The normalized spacial score (nSPS) is 11.9.